The number of rotatable bonds is 5. The predicted molar refractivity (Wildman–Crippen MR) is 113 cm³/mol. The van der Waals surface area contributed by atoms with Crippen molar-refractivity contribution in [2.24, 2.45) is 0 Å². The van der Waals surface area contributed by atoms with Crippen LogP contribution in [0.4, 0.5) is 5.69 Å². The number of benzene rings is 2. The van der Waals surface area contributed by atoms with Crippen molar-refractivity contribution in [2.75, 3.05) is 31.1 Å². The standard InChI is InChI=1S/C23H26N4O2/c1-17-7-3-5-9-19(17)23-24-21(29-25-23)11-12-22(28)27-15-13-26(14-16-27)20-10-6-4-8-18(20)2/h3-10H,11-16H2,1-2H3. The molecule has 0 aliphatic carbocycles. The predicted octanol–water partition coefficient (Wildman–Crippen LogP) is 3.63. The van der Waals surface area contributed by atoms with E-state index in [1.54, 1.807) is 0 Å². The van der Waals surface area contributed by atoms with Gasteiger partial charge in [-0.3, -0.25) is 4.79 Å². The van der Waals surface area contributed by atoms with E-state index in [1.807, 2.05) is 36.1 Å². The van der Waals surface area contributed by atoms with Gasteiger partial charge in [-0.25, -0.2) is 0 Å². The van der Waals surface area contributed by atoms with E-state index < -0.39 is 0 Å². The lowest BCUT2D eigenvalue weighted by Gasteiger charge is -2.36. The number of hydrogen-bond donors (Lipinski definition) is 0. The van der Waals surface area contributed by atoms with Crippen molar-refractivity contribution in [1.29, 1.82) is 0 Å². The van der Waals surface area contributed by atoms with Gasteiger partial charge >= 0.3 is 0 Å². The lowest BCUT2D eigenvalue weighted by Crippen LogP contribution is -2.49. The van der Waals surface area contributed by atoms with Crippen LogP contribution in [0.25, 0.3) is 11.4 Å². The molecule has 0 radical (unpaired) electrons. The highest BCUT2D eigenvalue weighted by Crippen LogP contribution is 2.22. The number of carbonyl (C=O) groups excluding carboxylic acids is 1. The molecule has 1 aliphatic rings. The maximum Gasteiger partial charge on any atom is 0.227 e. The Morgan fingerprint density at radius 1 is 0.966 bits per heavy atom. The van der Waals surface area contributed by atoms with E-state index in [0.29, 0.717) is 24.6 Å². The van der Waals surface area contributed by atoms with Gasteiger partial charge in [-0.2, -0.15) is 4.98 Å². The first-order valence-corrected chi connectivity index (χ1v) is 10.1. The van der Waals surface area contributed by atoms with Crippen LogP contribution in [0.3, 0.4) is 0 Å². The summed E-state index contributed by atoms with van der Waals surface area (Å²) in [7, 11) is 0. The second kappa shape index (κ2) is 8.47. The molecule has 0 N–H and O–H groups in total. The minimum Gasteiger partial charge on any atom is -0.368 e. The normalized spacial score (nSPS) is 14.3. The SMILES string of the molecule is Cc1ccccc1-c1noc(CCC(=O)N2CCN(c3ccccc3C)CC2)n1. The third-order valence-corrected chi connectivity index (χ3v) is 5.50. The van der Waals surface area contributed by atoms with Crippen molar-refractivity contribution < 1.29 is 9.32 Å². The number of para-hydroxylation sites is 1. The van der Waals surface area contributed by atoms with E-state index in [9.17, 15) is 4.79 Å². The molecule has 0 atom stereocenters. The molecule has 150 valence electrons. The molecule has 0 unspecified atom stereocenters. The van der Waals surface area contributed by atoms with E-state index in [2.05, 4.69) is 46.2 Å². The van der Waals surface area contributed by atoms with E-state index in [4.69, 9.17) is 4.52 Å². The van der Waals surface area contributed by atoms with Gasteiger partial charge in [0, 0.05) is 50.3 Å². The molecule has 6 nitrogen and oxygen atoms in total. The summed E-state index contributed by atoms with van der Waals surface area (Å²) in [4.78, 5) is 21.4. The Labute approximate surface area is 171 Å². The van der Waals surface area contributed by atoms with Crippen molar-refractivity contribution in [3.8, 4) is 11.4 Å². The Morgan fingerprint density at radius 3 is 2.38 bits per heavy atom. The molecule has 4 rings (SSSR count). The fraction of sp³-hybridized carbons (Fsp3) is 0.348. The van der Waals surface area contributed by atoms with Crippen LogP contribution in [0.2, 0.25) is 0 Å². The van der Waals surface area contributed by atoms with Crippen molar-refractivity contribution in [1.82, 2.24) is 15.0 Å². The molecule has 6 heteroatoms. The summed E-state index contributed by atoms with van der Waals surface area (Å²) in [6.45, 7) is 7.34. The van der Waals surface area contributed by atoms with Crippen molar-refractivity contribution >= 4 is 11.6 Å². The minimum absolute atomic E-state index is 0.144. The van der Waals surface area contributed by atoms with E-state index >= 15 is 0 Å². The van der Waals surface area contributed by atoms with Crippen molar-refractivity contribution in [3.05, 3.63) is 65.5 Å². The Hall–Kier alpha value is -3.15. The Balaban J connectivity index is 1.30. The first-order valence-electron chi connectivity index (χ1n) is 10.1. The molecule has 29 heavy (non-hydrogen) atoms. The zero-order valence-electron chi connectivity index (χ0n) is 17.0. The summed E-state index contributed by atoms with van der Waals surface area (Å²) >= 11 is 0. The van der Waals surface area contributed by atoms with Gasteiger partial charge in [-0.05, 0) is 31.0 Å². The molecule has 1 aliphatic heterocycles. The maximum atomic E-state index is 12.6. The first kappa shape index (κ1) is 19.2. The van der Waals surface area contributed by atoms with Gasteiger partial charge in [-0.1, -0.05) is 47.6 Å². The number of amides is 1. The first-order chi connectivity index (χ1) is 14.1. The lowest BCUT2D eigenvalue weighted by atomic mass is 10.1. The van der Waals surface area contributed by atoms with E-state index in [-0.39, 0.29) is 5.91 Å². The third kappa shape index (κ3) is 4.31. The largest absolute Gasteiger partial charge is 0.368 e. The second-order valence-corrected chi connectivity index (χ2v) is 7.48. The highest BCUT2D eigenvalue weighted by Gasteiger charge is 2.22. The maximum absolute atomic E-state index is 12.6. The number of hydrogen-bond acceptors (Lipinski definition) is 5. The molecule has 2 aromatic carbocycles. The van der Waals surface area contributed by atoms with Crippen molar-refractivity contribution in [3.63, 3.8) is 0 Å². The van der Waals surface area contributed by atoms with Gasteiger partial charge in [0.2, 0.25) is 17.6 Å². The van der Waals surface area contributed by atoms with Gasteiger partial charge in [0.1, 0.15) is 0 Å². The lowest BCUT2D eigenvalue weighted by molar-refractivity contribution is -0.131. The smallest absolute Gasteiger partial charge is 0.227 e. The number of aromatic nitrogens is 2. The number of carbonyl (C=O) groups is 1. The Bertz CT molecular complexity index is 990. The zero-order valence-corrected chi connectivity index (χ0v) is 17.0. The molecule has 0 spiro atoms. The number of nitrogens with zero attached hydrogens (tertiary/aromatic N) is 4. The van der Waals surface area contributed by atoms with Crippen LogP contribution in [0.1, 0.15) is 23.4 Å². The summed E-state index contributed by atoms with van der Waals surface area (Å²) in [6, 6.07) is 16.3. The second-order valence-electron chi connectivity index (χ2n) is 7.48. The van der Waals surface area contributed by atoms with Gasteiger partial charge in [0.15, 0.2) is 0 Å². The molecular formula is C23H26N4O2. The Kier molecular flexibility index (Phi) is 5.60. The summed E-state index contributed by atoms with van der Waals surface area (Å²) in [6.07, 6.45) is 0.857. The van der Waals surface area contributed by atoms with Crippen LogP contribution in [-0.4, -0.2) is 47.1 Å². The fourth-order valence-corrected chi connectivity index (χ4v) is 3.78. The minimum atomic E-state index is 0.144. The van der Waals surface area contributed by atoms with Crippen molar-refractivity contribution in [2.45, 2.75) is 26.7 Å². The Morgan fingerprint density at radius 2 is 1.66 bits per heavy atom. The summed E-state index contributed by atoms with van der Waals surface area (Å²) in [5.74, 6) is 1.23. The topological polar surface area (TPSA) is 62.5 Å². The van der Waals surface area contributed by atoms with Gasteiger partial charge < -0.3 is 14.3 Å². The molecule has 1 saturated heterocycles. The van der Waals surface area contributed by atoms with Crippen LogP contribution in [0, 0.1) is 13.8 Å². The molecule has 1 fully saturated rings. The van der Waals surface area contributed by atoms with Gasteiger partial charge in [-0.15, -0.1) is 0 Å². The summed E-state index contributed by atoms with van der Waals surface area (Å²) in [5.41, 5.74) is 4.59. The summed E-state index contributed by atoms with van der Waals surface area (Å²) in [5, 5.41) is 4.07. The number of anilines is 1. The number of aryl methyl sites for hydroxylation is 3. The molecule has 1 aromatic heterocycles. The zero-order chi connectivity index (χ0) is 20.2. The fourth-order valence-electron chi connectivity index (χ4n) is 3.78. The average Bonchev–Trinajstić information content (AvgIpc) is 3.22. The van der Waals surface area contributed by atoms with Gasteiger partial charge in [0.25, 0.3) is 0 Å². The van der Waals surface area contributed by atoms with Gasteiger partial charge in [0.05, 0.1) is 0 Å². The molecular weight excluding hydrogens is 364 g/mol. The molecule has 3 aromatic rings. The summed E-state index contributed by atoms with van der Waals surface area (Å²) < 4.78 is 5.36. The third-order valence-electron chi connectivity index (χ3n) is 5.50. The molecule has 2 heterocycles. The molecule has 0 bridgehead atoms. The van der Waals surface area contributed by atoms with Crippen LogP contribution >= 0.6 is 0 Å². The average molecular weight is 390 g/mol. The highest BCUT2D eigenvalue weighted by molar-refractivity contribution is 5.76. The highest BCUT2D eigenvalue weighted by atomic mass is 16.5. The van der Waals surface area contributed by atoms with Crippen LogP contribution in [0.15, 0.2) is 53.1 Å². The number of piperazine rings is 1. The molecule has 1 amide bonds. The van der Waals surface area contributed by atoms with E-state index in [0.717, 1.165) is 37.3 Å². The van der Waals surface area contributed by atoms with Crippen LogP contribution in [-0.2, 0) is 11.2 Å². The monoisotopic (exact) mass is 390 g/mol. The van der Waals surface area contributed by atoms with E-state index in [1.165, 1.54) is 11.3 Å². The molecule has 0 saturated carbocycles. The van der Waals surface area contributed by atoms with Crippen LogP contribution < -0.4 is 4.90 Å². The van der Waals surface area contributed by atoms with Crippen LogP contribution in [0.5, 0.6) is 0 Å². The quantitative estimate of drug-likeness (QED) is 0.666.